The van der Waals surface area contributed by atoms with Crippen LogP contribution < -0.4 is 10.5 Å². The van der Waals surface area contributed by atoms with Crippen LogP contribution in [0.4, 0.5) is 5.69 Å². The number of hydrogen-bond acceptors (Lipinski definition) is 4. The van der Waals surface area contributed by atoms with Gasteiger partial charge in [-0.2, -0.15) is 0 Å². The maximum Gasteiger partial charge on any atom is 0.337 e. The van der Waals surface area contributed by atoms with E-state index in [0.29, 0.717) is 33.4 Å². The number of ether oxygens (including phenoxy) is 1. The normalized spacial score (nSPS) is 10.7. The first-order chi connectivity index (χ1) is 10.0. The van der Waals surface area contributed by atoms with E-state index in [2.05, 4.69) is 9.97 Å². The average Bonchev–Trinajstić information content (AvgIpc) is 2.84. The van der Waals surface area contributed by atoms with Crippen LogP contribution in [0.3, 0.4) is 0 Å². The highest BCUT2D eigenvalue weighted by Gasteiger charge is 2.13. The van der Waals surface area contributed by atoms with E-state index in [9.17, 15) is 4.79 Å². The van der Waals surface area contributed by atoms with Crippen LogP contribution in [0.5, 0.6) is 11.6 Å². The minimum Gasteiger partial charge on any atom is -0.478 e. The van der Waals surface area contributed by atoms with Gasteiger partial charge >= 0.3 is 5.97 Å². The molecule has 0 saturated heterocycles. The Bertz CT molecular complexity index is 845. The number of carboxylic acids is 1. The van der Waals surface area contributed by atoms with Crippen molar-refractivity contribution in [3.8, 4) is 11.6 Å². The molecule has 0 fully saturated rings. The number of nitrogen functional groups attached to an aromatic ring is 1. The number of aromatic amines is 1. The number of hydrogen-bond donors (Lipinski definition) is 3. The fraction of sp³-hybridized carbons (Fsp3) is 0. The summed E-state index contributed by atoms with van der Waals surface area (Å²) in [4.78, 5) is 18.1. The molecule has 0 amide bonds. The average molecular weight is 304 g/mol. The predicted octanol–water partition coefficient (Wildman–Crippen LogP) is 3.29. The van der Waals surface area contributed by atoms with Crippen LogP contribution in [0, 0.1) is 0 Å². The van der Waals surface area contributed by atoms with Crippen molar-refractivity contribution >= 4 is 34.3 Å². The van der Waals surface area contributed by atoms with Gasteiger partial charge in [0.2, 0.25) is 0 Å². The summed E-state index contributed by atoms with van der Waals surface area (Å²) in [6.07, 6.45) is 1.43. The first-order valence-corrected chi connectivity index (χ1v) is 6.36. The monoisotopic (exact) mass is 303 g/mol. The molecule has 0 aliphatic carbocycles. The van der Waals surface area contributed by atoms with Gasteiger partial charge in [0.05, 0.1) is 27.3 Å². The van der Waals surface area contributed by atoms with Gasteiger partial charge in [-0.25, -0.2) is 4.79 Å². The van der Waals surface area contributed by atoms with Crippen molar-refractivity contribution in [2.24, 2.45) is 0 Å². The SMILES string of the molecule is Nc1cc(Oc2cc3nccc(C(=O)O)c3[nH]2)ccc1Cl. The molecule has 6 nitrogen and oxygen atoms in total. The number of anilines is 1. The van der Waals surface area contributed by atoms with Crippen LogP contribution in [0.25, 0.3) is 11.0 Å². The van der Waals surface area contributed by atoms with Gasteiger partial charge in [-0.1, -0.05) is 11.6 Å². The Morgan fingerprint density at radius 3 is 2.86 bits per heavy atom. The molecule has 0 radical (unpaired) electrons. The summed E-state index contributed by atoms with van der Waals surface area (Å²) in [6, 6.07) is 7.91. The maximum absolute atomic E-state index is 11.1. The molecule has 4 N–H and O–H groups in total. The molecule has 106 valence electrons. The molecule has 2 heterocycles. The third kappa shape index (κ3) is 2.48. The Balaban J connectivity index is 1.99. The van der Waals surface area contributed by atoms with Gasteiger partial charge in [0.1, 0.15) is 5.75 Å². The first kappa shape index (κ1) is 13.3. The number of nitrogens with two attached hydrogens (primary N) is 1. The molecule has 0 atom stereocenters. The van der Waals surface area contributed by atoms with Crippen molar-refractivity contribution in [2.75, 3.05) is 5.73 Å². The highest BCUT2D eigenvalue weighted by atomic mass is 35.5. The molecule has 3 aromatic rings. The Hall–Kier alpha value is -2.73. The third-order valence-corrected chi connectivity index (χ3v) is 3.27. The minimum absolute atomic E-state index is 0.130. The molecular formula is C14H10ClN3O3. The fourth-order valence-electron chi connectivity index (χ4n) is 1.95. The number of H-pyrrole nitrogens is 1. The second kappa shape index (κ2) is 4.99. The van der Waals surface area contributed by atoms with Crippen molar-refractivity contribution in [2.45, 2.75) is 0 Å². The number of pyridine rings is 1. The van der Waals surface area contributed by atoms with Crippen LogP contribution in [0.1, 0.15) is 10.4 Å². The zero-order valence-electron chi connectivity index (χ0n) is 10.6. The summed E-state index contributed by atoms with van der Waals surface area (Å²) in [5.74, 6) is -0.181. The molecule has 3 rings (SSSR count). The van der Waals surface area contributed by atoms with E-state index < -0.39 is 5.97 Å². The van der Waals surface area contributed by atoms with Crippen molar-refractivity contribution in [3.05, 3.63) is 47.1 Å². The smallest absolute Gasteiger partial charge is 0.337 e. The molecular weight excluding hydrogens is 294 g/mol. The van der Waals surface area contributed by atoms with E-state index in [1.807, 2.05) is 0 Å². The Kier molecular flexibility index (Phi) is 3.15. The van der Waals surface area contributed by atoms with Gasteiger partial charge in [0.25, 0.3) is 0 Å². The lowest BCUT2D eigenvalue weighted by Crippen LogP contribution is -1.97. The number of carbonyl (C=O) groups is 1. The van der Waals surface area contributed by atoms with Crippen LogP contribution in [0.2, 0.25) is 5.02 Å². The lowest BCUT2D eigenvalue weighted by atomic mass is 10.2. The standard InChI is InChI=1S/C14H10ClN3O3/c15-9-2-1-7(5-10(9)16)21-12-6-11-13(18-12)8(14(19)20)3-4-17-11/h1-6,18H,16H2,(H,19,20). The fourth-order valence-corrected chi connectivity index (χ4v) is 2.07. The van der Waals surface area contributed by atoms with Gasteiger partial charge in [-0.15, -0.1) is 0 Å². The highest BCUT2D eigenvalue weighted by Crippen LogP contribution is 2.29. The summed E-state index contributed by atoms with van der Waals surface area (Å²) in [7, 11) is 0. The van der Waals surface area contributed by atoms with Crippen LogP contribution >= 0.6 is 11.6 Å². The highest BCUT2D eigenvalue weighted by molar-refractivity contribution is 6.33. The van der Waals surface area contributed by atoms with Gasteiger partial charge in [-0.05, 0) is 18.2 Å². The number of rotatable bonds is 3. The maximum atomic E-state index is 11.1. The quantitative estimate of drug-likeness (QED) is 0.644. The molecule has 21 heavy (non-hydrogen) atoms. The summed E-state index contributed by atoms with van der Waals surface area (Å²) < 4.78 is 5.61. The largest absolute Gasteiger partial charge is 0.478 e. The van der Waals surface area contributed by atoms with E-state index in [1.165, 1.54) is 12.3 Å². The van der Waals surface area contributed by atoms with Crippen molar-refractivity contribution < 1.29 is 14.6 Å². The molecule has 0 unspecified atom stereocenters. The lowest BCUT2D eigenvalue weighted by molar-refractivity contribution is 0.0699. The Morgan fingerprint density at radius 1 is 1.33 bits per heavy atom. The van der Waals surface area contributed by atoms with Crippen LogP contribution in [0.15, 0.2) is 36.5 Å². The first-order valence-electron chi connectivity index (χ1n) is 5.98. The minimum atomic E-state index is -1.04. The number of nitrogens with one attached hydrogen (secondary N) is 1. The van der Waals surface area contributed by atoms with Gasteiger partial charge < -0.3 is 20.6 Å². The van der Waals surface area contributed by atoms with Crippen LogP contribution in [-0.2, 0) is 0 Å². The number of halogens is 1. The Morgan fingerprint density at radius 2 is 2.14 bits per heavy atom. The number of aromatic nitrogens is 2. The number of fused-ring (bicyclic) bond motifs is 1. The molecule has 1 aromatic carbocycles. The van der Waals surface area contributed by atoms with Crippen molar-refractivity contribution in [3.63, 3.8) is 0 Å². The van der Waals surface area contributed by atoms with Gasteiger partial charge in [0.15, 0.2) is 5.88 Å². The Labute approximate surface area is 124 Å². The number of benzene rings is 1. The van der Waals surface area contributed by atoms with E-state index >= 15 is 0 Å². The van der Waals surface area contributed by atoms with E-state index in [4.69, 9.17) is 27.2 Å². The molecule has 0 spiro atoms. The summed E-state index contributed by atoms with van der Waals surface area (Å²) in [5, 5.41) is 9.57. The lowest BCUT2D eigenvalue weighted by Gasteiger charge is -2.04. The van der Waals surface area contributed by atoms with E-state index in [-0.39, 0.29) is 5.56 Å². The second-order valence-corrected chi connectivity index (χ2v) is 4.75. The van der Waals surface area contributed by atoms with E-state index in [1.54, 1.807) is 24.3 Å². The third-order valence-electron chi connectivity index (χ3n) is 2.92. The topological polar surface area (TPSA) is 101 Å². The summed E-state index contributed by atoms with van der Waals surface area (Å²) >= 11 is 5.84. The van der Waals surface area contributed by atoms with E-state index in [0.717, 1.165) is 0 Å². The number of carboxylic acid groups (broad SMARTS) is 1. The molecule has 0 bridgehead atoms. The molecule has 0 aliphatic heterocycles. The number of nitrogens with zero attached hydrogens (tertiary/aromatic N) is 1. The zero-order chi connectivity index (χ0) is 15.0. The van der Waals surface area contributed by atoms with Crippen molar-refractivity contribution in [1.82, 2.24) is 9.97 Å². The van der Waals surface area contributed by atoms with Gasteiger partial charge in [0, 0.05) is 18.3 Å². The molecule has 2 aromatic heterocycles. The molecule has 0 aliphatic rings. The second-order valence-electron chi connectivity index (χ2n) is 4.34. The van der Waals surface area contributed by atoms with Crippen molar-refractivity contribution in [1.29, 1.82) is 0 Å². The predicted molar refractivity (Wildman–Crippen MR) is 79.0 cm³/mol. The zero-order valence-corrected chi connectivity index (χ0v) is 11.4. The molecule has 7 heteroatoms. The molecule has 0 saturated carbocycles. The van der Waals surface area contributed by atoms with Gasteiger partial charge in [-0.3, -0.25) is 4.98 Å². The summed E-state index contributed by atoms with van der Waals surface area (Å²) in [6.45, 7) is 0. The van der Waals surface area contributed by atoms with Crippen LogP contribution in [-0.4, -0.2) is 21.0 Å². The summed E-state index contributed by atoms with van der Waals surface area (Å²) in [5.41, 5.74) is 7.14. The number of aromatic carboxylic acids is 1.